The molecule has 0 radical (unpaired) electrons. The lowest BCUT2D eigenvalue weighted by Gasteiger charge is -2.15. The predicted molar refractivity (Wildman–Crippen MR) is 125 cm³/mol. The van der Waals surface area contributed by atoms with E-state index in [9.17, 15) is 13.6 Å². The monoisotopic (exact) mass is 517 g/mol. The molecule has 1 aliphatic carbocycles. The Labute approximate surface area is 188 Å². The van der Waals surface area contributed by atoms with Crippen LogP contribution in [0.5, 0.6) is 0 Å². The van der Waals surface area contributed by atoms with E-state index in [0.29, 0.717) is 11.5 Å². The lowest BCUT2D eigenvalue weighted by molar-refractivity contribution is 0.102. The summed E-state index contributed by atoms with van der Waals surface area (Å²) in [7, 11) is 0. The molecule has 0 spiro atoms. The fourth-order valence-corrected chi connectivity index (χ4v) is 4.54. The highest BCUT2D eigenvalue weighted by molar-refractivity contribution is 14.1. The molecule has 0 saturated carbocycles. The number of aryl methyl sites for hydroxylation is 1. The smallest absolute Gasteiger partial charge is 0.321 e. The summed E-state index contributed by atoms with van der Waals surface area (Å²) < 4.78 is 24.2. The first-order valence-corrected chi connectivity index (χ1v) is 11.0. The van der Waals surface area contributed by atoms with Gasteiger partial charge in [-0.15, -0.1) is 0 Å². The van der Waals surface area contributed by atoms with Crippen molar-refractivity contribution in [1.29, 1.82) is 0 Å². The van der Waals surface area contributed by atoms with Gasteiger partial charge in [0.1, 0.15) is 0 Å². The van der Waals surface area contributed by atoms with Crippen LogP contribution in [0.2, 0.25) is 0 Å². The third-order valence-electron chi connectivity index (χ3n) is 5.62. The van der Waals surface area contributed by atoms with E-state index in [-0.39, 0.29) is 11.5 Å². The molecule has 1 unspecified atom stereocenters. The average molecular weight is 517 g/mol. The number of alkyl halides is 3. The topological polar surface area (TPSA) is 29.1 Å². The molecular formula is C25H22F2INO. The number of carbonyl (C=O) groups excluding carboxylic acids is 1. The summed E-state index contributed by atoms with van der Waals surface area (Å²) in [4.78, 5) is 13.1. The predicted octanol–water partition coefficient (Wildman–Crippen LogP) is 7.13. The molecule has 1 amide bonds. The van der Waals surface area contributed by atoms with Crippen molar-refractivity contribution in [2.24, 2.45) is 5.92 Å². The minimum atomic E-state index is -2.92. The number of hydrogen-bond acceptors (Lipinski definition) is 1. The largest absolute Gasteiger partial charge is 0.322 e. The highest BCUT2D eigenvalue weighted by atomic mass is 127. The van der Waals surface area contributed by atoms with E-state index in [1.54, 1.807) is 18.2 Å². The molecule has 1 N–H and O–H groups in total. The fourth-order valence-electron chi connectivity index (χ4n) is 4.18. The minimum Gasteiger partial charge on any atom is -0.322 e. The van der Waals surface area contributed by atoms with Gasteiger partial charge >= 0.3 is 3.93 Å². The summed E-state index contributed by atoms with van der Waals surface area (Å²) in [6.45, 7) is 4.15. The second-order valence-electron chi connectivity index (χ2n) is 8.02. The molecule has 30 heavy (non-hydrogen) atoms. The third-order valence-corrected chi connectivity index (χ3v) is 6.24. The van der Waals surface area contributed by atoms with Crippen LogP contribution in [0, 0.1) is 12.8 Å². The van der Waals surface area contributed by atoms with E-state index >= 15 is 0 Å². The van der Waals surface area contributed by atoms with Gasteiger partial charge in [0.25, 0.3) is 5.91 Å². The molecule has 2 nitrogen and oxygen atoms in total. The Morgan fingerprint density at radius 3 is 2.43 bits per heavy atom. The normalized spacial score (nSPS) is 15.7. The zero-order valence-electron chi connectivity index (χ0n) is 16.8. The van der Waals surface area contributed by atoms with Gasteiger partial charge in [0.05, 0.1) is 0 Å². The summed E-state index contributed by atoms with van der Waals surface area (Å²) in [6.07, 6.45) is 2.11. The standard InChI is InChI=1S/C25H22F2INO/c1-15-12-18-8-11-21(14-19(18)13-15)29-24(30)22-5-3-4-16(2)23(22)17-6-9-20(10-7-17)25(26,27)28/h3-11,14-15H,12-13H2,1-2H3,(H,29,30). The molecule has 1 atom stereocenters. The molecule has 3 aromatic rings. The number of rotatable bonds is 4. The average Bonchev–Trinajstić information content (AvgIpc) is 3.06. The van der Waals surface area contributed by atoms with Gasteiger partial charge in [-0.3, -0.25) is 4.79 Å². The molecule has 0 aliphatic heterocycles. The van der Waals surface area contributed by atoms with Gasteiger partial charge in [-0.2, -0.15) is 8.78 Å². The number of halogens is 3. The summed E-state index contributed by atoms with van der Waals surface area (Å²) in [5.41, 5.74) is 6.30. The Kier molecular flexibility index (Phi) is 5.66. The van der Waals surface area contributed by atoms with Crippen molar-refractivity contribution in [2.45, 2.75) is 30.6 Å². The first-order chi connectivity index (χ1) is 14.2. The van der Waals surface area contributed by atoms with Crippen LogP contribution in [-0.4, -0.2) is 5.91 Å². The third kappa shape index (κ3) is 4.26. The van der Waals surface area contributed by atoms with Crippen molar-refractivity contribution in [3.63, 3.8) is 0 Å². The maximum Gasteiger partial charge on any atom is 0.321 e. The van der Waals surface area contributed by atoms with Gasteiger partial charge in [-0.25, -0.2) is 0 Å². The number of carbonyl (C=O) groups is 1. The molecule has 0 aromatic heterocycles. The van der Waals surface area contributed by atoms with Crippen LogP contribution < -0.4 is 5.32 Å². The van der Waals surface area contributed by atoms with Crippen LogP contribution in [0.1, 0.15) is 39.5 Å². The van der Waals surface area contributed by atoms with E-state index < -0.39 is 3.93 Å². The van der Waals surface area contributed by atoms with Gasteiger partial charge in [0, 0.05) is 39.4 Å². The van der Waals surface area contributed by atoms with Gasteiger partial charge in [-0.1, -0.05) is 49.4 Å². The zero-order valence-corrected chi connectivity index (χ0v) is 19.0. The van der Waals surface area contributed by atoms with Crippen LogP contribution in [-0.2, 0) is 16.8 Å². The molecular weight excluding hydrogens is 495 g/mol. The molecule has 1 aliphatic rings. The number of amides is 1. The van der Waals surface area contributed by atoms with E-state index in [0.717, 1.165) is 57.8 Å². The van der Waals surface area contributed by atoms with Gasteiger partial charge in [-0.05, 0) is 71.7 Å². The van der Waals surface area contributed by atoms with Crippen molar-refractivity contribution in [3.8, 4) is 11.1 Å². The summed E-state index contributed by atoms with van der Waals surface area (Å²) >= 11 is 1.12. The second-order valence-corrected chi connectivity index (χ2v) is 9.38. The highest BCUT2D eigenvalue weighted by Gasteiger charge is 2.26. The van der Waals surface area contributed by atoms with Crippen molar-refractivity contribution in [1.82, 2.24) is 0 Å². The van der Waals surface area contributed by atoms with Gasteiger partial charge < -0.3 is 5.32 Å². The molecule has 0 fully saturated rings. The van der Waals surface area contributed by atoms with E-state index in [1.165, 1.54) is 23.3 Å². The summed E-state index contributed by atoms with van der Waals surface area (Å²) in [6, 6.07) is 17.8. The van der Waals surface area contributed by atoms with Crippen LogP contribution in [0.15, 0.2) is 60.7 Å². The van der Waals surface area contributed by atoms with Crippen LogP contribution in [0.3, 0.4) is 0 Å². The highest BCUT2D eigenvalue weighted by Crippen LogP contribution is 2.37. The van der Waals surface area contributed by atoms with Crippen LogP contribution in [0.4, 0.5) is 14.5 Å². The maximum atomic E-state index is 13.6. The lowest BCUT2D eigenvalue weighted by atomic mass is 9.94. The van der Waals surface area contributed by atoms with Crippen molar-refractivity contribution in [3.05, 3.63) is 88.5 Å². The molecule has 154 valence electrons. The summed E-state index contributed by atoms with van der Waals surface area (Å²) in [5.74, 6) is 0.426. The van der Waals surface area contributed by atoms with E-state index in [4.69, 9.17) is 0 Å². The van der Waals surface area contributed by atoms with Crippen molar-refractivity contribution < 1.29 is 13.6 Å². The molecule has 5 heteroatoms. The Bertz CT molecular complexity index is 1100. The summed E-state index contributed by atoms with van der Waals surface area (Å²) in [5, 5.41) is 3.02. The Morgan fingerprint density at radius 2 is 1.73 bits per heavy atom. The quantitative estimate of drug-likeness (QED) is 0.290. The van der Waals surface area contributed by atoms with E-state index in [1.807, 2.05) is 25.1 Å². The number of benzene rings is 3. The minimum absolute atomic E-state index is 0.0567. The van der Waals surface area contributed by atoms with Crippen LogP contribution >= 0.6 is 22.6 Å². The van der Waals surface area contributed by atoms with Crippen molar-refractivity contribution >= 4 is 34.2 Å². The Hall–Kier alpha value is -2.28. The molecule has 0 heterocycles. The maximum absolute atomic E-state index is 13.6. The number of anilines is 1. The fraction of sp³-hybridized carbons (Fsp3) is 0.240. The molecule has 0 saturated heterocycles. The zero-order chi connectivity index (χ0) is 21.5. The van der Waals surface area contributed by atoms with Crippen molar-refractivity contribution in [2.75, 3.05) is 5.32 Å². The van der Waals surface area contributed by atoms with Gasteiger partial charge in [0.2, 0.25) is 0 Å². The first kappa shape index (κ1) is 21.0. The number of fused-ring (bicyclic) bond motifs is 1. The second kappa shape index (κ2) is 8.10. The SMILES string of the molecule is Cc1cccc(C(=O)Nc2ccc3c(c2)CC(C)C3)c1-c1ccc(C(F)(F)I)cc1. The number of hydrogen-bond donors (Lipinski definition) is 1. The van der Waals surface area contributed by atoms with Crippen LogP contribution in [0.25, 0.3) is 11.1 Å². The molecule has 4 rings (SSSR count). The molecule has 0 bridgehead atoms. The van der Waals surface area contributed by atoms with E-state index in [2.05, 4.69) is 24.4 Å². The Morgan fingerprint density at radius 1 is 1.03 bits per heavy atom. The lowest BCUT2D eigenvalue weighted by Crippen LogP contribution is -2.14. The van der Waals surface area contributed by atoms with Gasteiger partial charge in [0.15, 0.2) is 0 Å². The molecule has 3 aromatic carbocycles. The Balaban J connectivity index is 1.65. The number of nitrogens with one attached hydrogen (secondary N) is 1. The first-order valence-electron chi connectivity index (χ1n) is 9.93.